The second kappa shape index (κ2) is 6.12. The molecule has 0 bridgehead atoms. The fraction of sp³-hybridized carbons (Fsp3) is 0.300. The molecule has 0 aliphatic heterocycles. The van der Waals surface area contributed by atoms with Crippen LogP contribution in [-0.4, -0.2) is 15.7 Å². The highest BCUT2D eigenvalue weighted by molar-refractivity contribution is 5.91. The molecule has 2 aromatic heterocycles. The molecule has 0 radical (unpaired) electrons. The summed E-state index contributed by atoms with van der Waals surface area (Å²) in [5.41, 5.74) is 2.83. The lowest BCUT2D eigenvalue weighted by Gasteiger charge is -2.35. The summed E-state index contributed by atoms with van der Waals surface area (Å²) in [5.74, 6) is -0.224. The molecule has 0 fully saturated rings. The topological polar surface area (TPSA) is 60.1 Å². The van der Waals surface area contributed by atoms with Gasteiger partial charge >= 0.3 is 0 Å². The number of carbonyl (C=O) groups excluding carboxylic acids is 1. The van der Waals surface area contributed by atoms with Gasteiger partial charge in [0.1, 0.15) is 5.82 Å². The number of hydrogen-bond acceptors (Lipinski definition) is 3. The summed E-state index contributed by atoms with van der Waals surface area (Å²) in [4.78, 5) is 12.4. The first-order valence-corrected chi connectivity index (χ1v) is 8.60. The van der Waals surface area contributed by atoms with Crippen LogP contribution in [0.4, 0.5) is 4.39 Å². The third-order valence-electron chi connectivity index (χ3n) is 4.80. The van der Waals surface area contributed by atoms with Crippen LogP contribution in [0.1, 0.15) is 48.1 Å². The van der Waals surface area contributed by atoms with Gasteiger partial charge in [-0.1, -0.05) is 13.8 Å². The molecule has 1 aliphatic carbocycles. The maximum Gasteiger partial charge on any atom is 0.287 e. The number of rotatable bonds is 3. The predicted molar refractivity (Wildman–Crippen MR) is 94.5 cm³/mol. The van der Waals surface area contributed by atoms with E-state index in [1.807, 2.05) is 4.68 Å². The van der Waals surface area contributed by atoms with Crippen molar-refractivity contribution in [1.82, 2.24) is 15.1 Å². The van der Waals surface area contributed by atoms with Crippen LogP contribution >= 0.6 is 0 Å². The Labute approximate surface area is 150 Å². The number of halogens is 1. The quantitative estimate of drug-likeness (QED) is 0.773. The smallest absolute Gasteiger partial charge is 0.287 e. The van der Waals surface area contributed by atoms with Crippen molar-refractivity contribution in [2.45, 2.75) is 32.7 Å². The number of nitrogens with zero attached hydrogens (tertiary/aromatic N) is 2. The molecule has 1 N–H and O–H groups in total. The highest BCUT2D eigenvalue weighted by atomic mass is 19.1. The average molecular weight is 353 g/mol. The first kappa shape index (κ1) is 16.6. The van der Waals surface area contributed by atoms with E-state index >= 15 is 0 Å². The number of aromatic nitrogens is 2. The van der Waals surface area contributed by atoms with Gasteiger partial charge in [0.2, 0.25) is 0 Å². The van der Waals surface area contributed by atoms with Crippen molar-refractivity contribution in [2.24, 2.45) is 5.41 Å². The normalized spacial score (nSPS) is 18.3. The van der Waals surface area contributed by atoms with Gasteiger partial charge in [0.05, 0.1) is 29.9 Å². The van der Waals surface area contributed by atoms with Crippen LogP contribution in [0.5, 0.6) is 0 Å². The number of amides is 1. The van der Waals surface area contributed by atoms with Crippen molar-refractivity contribution in [3.05, 3.63) is 71.7 Å². The maximum atomic E-state index is 13.2. The summed E-state index contributed by atoms with van der Waals surface area (Å²) in [6.45, 7) is 4.34. The van der Waals surface area contributed by atoms with Gasteiger partial charge in [0.25, 0.3) is 5.91 Å². The summed E-state index contributed by atoms with van der Waals surface area (Å²) < 4.78 is 20.3. The largest absolute Gasteiger partial charge is 0.459 e. The van der Waals surface area contributed by atoms with Gasteiger partial charge < -0.3 is 9.73 Å². The summed E-state index contributed by atoms with van der Waals surface area (Å²) in [6.07, 6.45) is 4.91. The zero-order valence-electron chi connectivity index (χ0n) is 14.7. The third kappa shape index (κ3) is 3.03. The zero-order valence-corrected chi connectivity index (χ0v) is 14.7. The Morgan fingerprint density at radius 2 is 2.08 bits per heavy atom. The Kier molecular flexibility index (Phi) is 3.90. The Morgan fingerprint density at radius 3 is 2.77 bits per heavy atom. The molecule has 1 aromatic carbocycles. The summed E-state index contributed by atoms with van der Waals surface area (Å²) in [5, 5.41) is 7.56. The fourth-order valence-corrected chi connectivity index (χ4v) is 3.61. The van der Waals surface area contributed by atoms with E-state index in [0.717, 1.165) is 29.8 Å². The highest BCUT2D eigenvalue weighted by Gasteiger charge is 2.36. The number of nitrogens with one attached hydrogen (secondary N) is 1. The molecule has 1 atom stereocenters. The van der Waals surface area contributed by atoms with Crippen molar-refractivity contribution in [3.63, 3.8) is 0 Å². The Morgan fingerprint density at radius 1 is 1.31 bits per heavy atom. The lowest BCUT2D eigenvalue weighted by Crippen LogP contribution is -2.36. The van der Waals surface area contributed by atoms with Crippen LogP contribution in [0.3, 0.4) is 0 Å². The molecule has 0 saturated carbocycles. The minimum atomic E-state index is -0.279. The van der Waals surface area contributed by atoms with Gasteiger partial charge in [-0.3, -0.25) is 4.79 Å². The first-order chi connectivity index (χ1) is 12.4. The SMILES string of the molecule is CC1(C)Cc2c(cnn2-c2ccc(F)cc2)[C@@H](NC(=O)c2ccco2)C1. The molecule has 0 saturated heterocycles. The Bertz CT molecular complexity index is 927. The Balaban J connectivity index is 1.69. The van der Waals surface area contributed by atoms with E-state index in [-0.39, 0.29) is 23.2 Å². The van der Waals surface area contributed by atoms with Crippen molar-refractivity contribution in [3.8, 4) is 5.69 Å². The molecule has 1 aliphatic rings. The molecular weight excluding hydrogens is 333 g/mol. The molecule has 5 nitrogen and oxygen atoms in total. The van der Waals surface area contributed by atoms with Gasteiger partial charge in [0, 0.05) is 5.56 Å². The van der Waals surface area contributed by atoms with E-state index in [9.17, 15) is 9.18 Å². The number of hydrogen-bond donors (Lipinski definition) is 1. The average Bonchev–Trinajstić information content (AvgIpc) is 3.24. The van der Waals surface area contributed by atoms with Crippen molar-refractivity contribution < 1.29 is 13.6 Å². The predicted octanol–water partition coefficient (Wildman–Crippen LogP) is 4.05. The van der Waals surface area contributed by atoms with E-state index in [1.165, 1.54) is 18.4 Å². The number of furan rings is 1. The summed E-state index contributed by atoms with van der Waals surface area (Å²) in [7, 11) is 0. The van der Waals surface area contributed by atoms with Crippen molar-refractivity contribution in [1.29, 1.82) is 0 Å². The van der Waals surface area contributed by atoms with Crippen LogP contribution in [0, 0.1) is 11.2 Å². The van der Waals surface area contributed by atoms with Crippen molar-refractivity contribution >= 4 is 5.91 Å². The van der Waals surface area contributed by atoms with Crippen LogP contribution in [0.15, 0.2) is 53.3 Å². The van der Waals surface area contributed by atoms with Crippen molar-refractivity contribution in [2.75, 3.05) is 0 Å². The third-order valence-corrected chi connectivity index (χ3v) is 4.80. The van der Waals surface area contributed by atoms with E-state index in [4.69, 9.17) is 4.42 Å². The number of fused-ring (bicyclic) bond motifs is 1. The minimum Gasteiger partial charge on any atom is -0.459 e. The van der Waals surface area contributed by atoms with Gasteiger partial charge in [-0.05, 0) is 54.7 Å². The van der Waals surface area contributed by atoms with Gasteiger partial charge in [-0.2, -0.15) is 5.10 Å². The highest BCUT2D eigenvalue weighted by Crippen LogP contribution is 2.41. The van der Waals surface area contributed by atoms with Gasteiger partial charge in [-0.25, -0.2) is 9.07 Å². The molecule has 4 rings (SSSR count). The lowest BCUT2D eigenvalue weighted by molar-refractivity contribution is 0.0891. The summed E-state index contributed by atoms with van der Waals surface area (Å²) >= 11 is 0. The Hall–Kier alpha value is -2.89. The van der Waals surface area contributed by atoms with Crippen LogP contribution < -0.4 is 5.32 Å². The number of carbonyl (C=O) groups is 1. The van der Waals surface area contributed by atoms with E-state index in [2.05, 4.69) is 24.3 Å². The molecule has 2 heterocycles. The van der Waals surface area contributed by atoms with E-state index in [0.29, 0.717) is 5.76 Å². The first-order valence-electron chi connectivity index (χ1n) is 8.60. The van der Waals surface area contributed by atoms with Crippen LogP contribution in [0.25, 0.3) is 5.69 Å². The minimum absolute atomic E-state index is 0.00801. The van der Waals surface area contributed by atoms with E-state index < -0.39 is 0 Å². The van der Waals surface area contributed by atoms with Crippen LogP contribution in [0.2, 0.25) is 0 Å². The van der Waals surface area contributed by atoms with Crippen LogP contribution in [-0.2, 0) is 6.42 Å². The standard InChI is InChI=1S/C20H20FN3O2/c1-20(2)10-16(23-19(25)18-4-3-9-26-18)15-12-22-24(17(15)11-20)14-7-5-13(21)6-8-14/h3-9,12,16H,10-11H2,1-2H3,(H,23,25)/t16-/m0/s1. The zero-order chi connectivity index (χ0) is 18.3. The maximum absolute atomic E-state index is 13.2. The number of benzene rings is 1. The summed E-state index contributed by atoms with van der Waals surface area (Å²) in [6, 6.07) is 9.45. The second-order valence-electron chi connectivity index (χ2n) is 7.48. The molecule has 3 aromatic rings. The van der Waals surface area contributed by atoms with E-state index in [1.54, 1.807) is 30.5 Å². The molecule has 26 heavy (non-hydrogen) atoms. The van der Waals surface area contributed by atoms with Gasteiger partial charge in [-0.15, -0.1) is 0 Å². The second-order valence-corrected chi connectivity index (χ2v) is 7.48. The molecular formula is C20H20FN3O2. The monoisotopic (exact) mass is 353 g/mol. The molecule has 0 spiro atoms. The lowest BCUT2D eigenvalue weighted by atomic mass is 9.74. The van der Waals surface area contributed by atoms with Gasteiger partial charge in [0.15, 0.2) is 5.76 Å². The molecule has 0 unspecified atom stereocenters. The molecule has 134 valence electrons. The molecule has 6 heteroatoms. The fourth-order valence-electron chi connectivity index (χ4n) is 3.61. The molecule has 1 amide bonds.